The number of hydrogen-bond acceptors (Lipinski definition) is 6. The Hall–Kier alpha value is -2.51. The molecule has 0 radical (unpaired) electrons. The van der Waals surface area contributed by atoms with Gasteiger partial charge in [-0.1, -0.05) is 6.92 Å². The minimum absolute atomic E-state index is 0.0638. The van der Waals surface area contributed by atoms with E-state index in [2.05, 4.69) is 15.0 Å². The van der Waals surface area contributed by atoms with Crippen LogP contribution in [0.4, 0.5) is 5.69 Å². The number of aromatic nitrogens is 4. The second-order valence-corrected chi connectivity index (χ2v) is 3.78. The van der Waals surface area contributed by atoms with Crippen LogP contribution in [0.3, 0.4) is 0 Å². The lowest BCUT2D eigenvalue weighted by Crippen LogP contribution is -2.08. The van der Waals surface area contributed by atoms with Crippen molar-refractivity contribution >= 4 is 5.69 Å². The fourth-order valence-electron chi connectivity index (χ4n) is 1.78. The molecule has 8 heteroatoms. The molecule has 0 aliphatic heterocycles. The average molecular weight is 263 g/mol. The summed E-state index contributed by atoms with van der Waals surface area (Å²) in [4.78, 5) is 22.5. The molecule has 0 saturated heterocycles. The summed E-state index contributed by atoms with van der Waals surface area (Å²) in [7, 11) is 1.33. The molecule has 8 nitrogen and oxygen atoms in total. The molecule has 0 aliphatic carbocycles. The van der Waals surface area contributed by atoms with Crippen LogP contribution in [0.1, 0.15) is 19.2 Å². The molecule has 0 spiro atoms. The molecule has 2 rings (SSSR count). The van der Waals surface area contributed by atoms with Crippen molar-refractivity contribution in [3.8, 4) is 11.7 Å². The fourth-order valence-corrected chi connectivity index (χ4v) is 1.78. The topological polar surface area (TPSA) is 96.0 Å². The Morgan fingerprint density at radius 2 is 2.21 bits per heavy atom. The lowest BCUT2D eigenvalue weighted by atomic mass is 10.3. The first-order valence-corrected chi connectivity index (χ1v) is 5.75. The van der Waals surface area contributed by atoms with Gasteiger partial charge in [0, 0.05) is 18.8 Å². The standard InChI is InChI=1S/C11H13N5O3/c1-3-4-8-12-5-6-15(8)10-9(16(17)18)11(19-2)14-7-13-10/h5-7H,3-4H2,1-2H3. The summed E-state index contributed by atoms with van der Waals surface area (Å²) < 4.78 is 6.51. The Labute approximate surface area is 109 Å². The van der Waals surface area contributed by atoms with Gasteiger partial charge >= 0.3 is 5.69 Å². The highest BCUT2D eigenvalue weighted by atomic mass is 16.6. The second-order valence-electron chi connectivity index (χ2n) is 3.78. The molecule has 0 amide bonds. The van der Waals surface area contributed by atoms with Gasteiger partial charge in [-0.05, 0) is 6.42 Å². The van der Waals surface area contributed by atoms with Gasteiger partial charge in [0.15, 0.2) is 0 Å². The van der Waals surface area contributed by atoms with E-state index in [-0.39, 0.29) is 17.4 Å². The summed E-state index contributed by atoms with van der Waals surface area (Å²) in [5.74, 6) is 0.815. The molecular formula is C11H13N5O3. The van der Waals surface area contributed by atoms with Crippen molar-refractivity contribution in [3.05, 3.63) is 34.7 Å². The molecule has 0 fully saturated rings. The van der Waals surface area contributed by atoms with Gasteiger partial charge < -0.3 is 4.74 Å². The smallest absolute Gasteiger partial charge is 0.373 e. The van der Waals surface area contributed by atoms with Crippen molar-refractivity contribution in [2.45, 2.75) is 19.8 Å². The summed E-state index contributed by atoms with van der Waals surface area (Å²) >= 11 is 0. The average Bonchev–Trinajstić information content (AvgIpc) is 2.86. The quantitative estimate of drug-likeness (QED) is 0.599. The van der Waals surface area contributed by atoms with Crippen molar-refractivity contribution in [2.75, 3.05) is 7.11 Å². The van der Waals surface area contributed by atoms with Gasteiger partial charge in [-0.25, -0.2) is 9.97 Å². The van der Waals surface area contributed by atoms with Gasteiger partial charge in [-0.15, -0.1) is 0 Å². The number of nitrogens with zero attached hydrogens (tertiary/aromatic N) is 5. The number of ether oxygens (including phenoxy) is 1. The highest BCUT2D eigenvalue weighted by Crippen LogP contribution is 2.29. The third-order valence-electron chi connectivity index (χ3n) is 2.56. The highest BCUT2D eigenvalue weighted by molar-refractivity contribution is 5.54. The minimum Gasteiger partial charge on any atom is -0.476 e. The van der Waals surface area contributed by atoms with Crippen LogP contribution in [-0.4, -0.2) is 31.6 Å². The number of nitro groups is 1. The number of rotatable bonds is 5. The van der Waals surface area contributed by atoms with E-state index in [0.29, 0.717) is 12.2 Å². The lowest BCUT2D eigenvalue weighted by molar-refractivity contribution is -0.386. The van der Waals surface area contributed by atoms with Crippen LogP contribution < -0.4 is 4.74 Å². The maximum atomic E-state index is 11.2. The molecule has 2 aromatic heterocycles. The SMILES string of the molecule is CCCc1nccn1-c1ncnc(OC)c1[N+](=O)[O-]. The van der Waals surface area contributed by atoms with E-state index in [4.69, 9.17) is 4.74 Å². The van der Waals surface area contributed by atoms with E-state index < -0.39 is 4.92 Å². The zero-order chi connectivity index (χ0) is 13.8. The fraction of sp³-hybridized carbons (Fsp3) is 0.364. The zero-order valence-corrected chi connectivity index (χ0v) is 10.6. The maximum absolute atomic E-state index is 11.2. The van der Waals surface area contributed by atoms with Crippen molar-refractivity contribution in [1.82, 2.24) is 19.5 Å². The molecule has 19 heavy (non-hydrogen) atoms. The van der Waals surface area contributed by atoms with Crippen LogP contribution in [0.5, 0.6) is 5.88 Å². The number of methoxy groups -OCH3 is 1. The van der Waals surface area contributed by atoms with Crippen LogP contribution in [-0.2, 0) is 6.42 Å². The van der Waals surface area contributed by atoms with E-state index in [9.17, 15) is 10.1 Å². The Morgan fingerprint density at radius 3 is 2.84 bits per heavy atom. The predicted molar refractivity (Wildman–Crippen MR) is 66.4 cm³/mol. The molecule has 0 N–H and O–H groups in total. The molecule has 0 aromatic carbocycles. The Balaban J connectivity index is 2.61. The predicted octanol–water partition coefficient (Wildman–Crippen LogP) is 1.53. The molecular weight excluding hydrogens is 250 g/mol. The van der Waals surface area contributed by atoms with Crippen molar-refractivity contribution in [3.63, 3.8) is 0 Å². The van der Waals surface area contributed by atoms with E-state index in [1.807, 2.05) is 6.92 Å². The summed E-state index contributed by atoms with van der Waals surface area (Å²) in [6.45, 7) is 2.01. The first-order chi connectivity index (χ1) is 9.19. The summed E-state index contributed by atoms with van der Waals surface area (Å²) in [5.41, 5.74) is -0.264. The third-order valence-corrected chi connectivity index (χ3v) is 2.56. The van der Waals surface area contributed by atoms with Crippen molar-refractivity contribution in [1.29, 1.82) is 0 Å². The number of imidazole rings is 1. The Kier molecular flexibility index (Phi) is 3.69. The lowest BCUT2D eigenvalue weighted by Gasteiger charge is -2.08. The minimum atomic E-state index is -0.552. The molecule has 100 valence electrons. The van der Waals surface area contributed by atoms with Gasteiger partial charge in [0.25, 0.3) is 5.88 Å². The van der Waals surface area contributed by atoms with Gasteiger partial charge in [-0.3, -0.25) is 14.7 Å². The highest BCUT2D eigenvalue weighted by Gasteiger charge is 2.26. The zero-order valence-electron chi connectivity index (χ0n) is 10.6. The normalized spacial score (nSPS) is 10.4. The number of aryl methyl sites for hydroxylation is 1. The van der Waals surface area contributed by atoms with Crippen LogP contribution >= 0.6 is 0 Å². The van der Waals surface area contributed by atoms with Gasteiger partial charge in [0.2, 0.25) is 5.82 Å². The largest absolute Gasteiger partial charge is 0.476 e. The molecule has 0 unspecified atom stereocenters. The van der Waals surface area contributed by atoms with Crippen LogP contribution in [0, 0.1) is 10.1 Å². The molecule has 0 aliphatic rings. The second kappa shape index (κ2) is 5.42. The summed E-state index contributed by atoms with van der Waals surface area (Å²) in [6, 6.07) is 0. The van der Waals surface area contributed by atoms with E-state index >= 15 is 0 Å². The van der Waals surface area contributed by atoms with Crippen LogP contribution in [0.2, 0.25) is 0 Å². The van der Waals surface area contributed by atoms with E-state index in [1.165, 1.54) is 13.4 Å². The van der Waals surface area contributed by atoms with Gasteiger partial charge in [0.1, 0.15) is 12.2 Å². The molecule has 0 bridgehead atoms. The first kappa shape index (κ1) is 12.9. The van der Waals surface area contributed by atoms with Gasteiger partial charge in [0.05, 0.1) is 12.0 Å². The first-order valence-electron chi connectivity index (χ1n) is 5.75. The molecule has 2 heterocycles. The monoisotopic (exact) mass is 263 g/mol. The molecule has 0 saturated carbocycles. The summed E-state index contributed by atoms with van der Waals surface area (Å²) in [5, 5.41) is 11.2. The molecule has 2 aromatic rings. The Bertz CT molecular complexity index is 596. The van der Waals surface area contributed by atoms with E-state index in [1.54, 1.807) is 17.0 Å². The van der Waals surface area contributed by atoms with Crippen molar-refractivity contribution in [2.24, 2.45) is 0 Å². The number of hydrogen-bond donors (Lipinski definition) is 0. The third kappa shape index (κ3) is 2.37. The molecule has 0 atom stereocenters. The van der Waals surface area contributed by atoms with Crippen LogP contribution in [0.15, 0.2) is 18.7 Å². The summed E-state index contributed by atoms with van der Waals surface area (Å²) in [6.07, 6.45) is 6.05. The van der Waals surface area contributed by atoms with Crippen LogP contribution in [0.25, 0.3) is 5.82 Å². The van der Waals surface area contributed by atoms with E-state index in [0.717, 1.165) is 6.42 Å². The van der Waals surface area contributed by atoms with Gasteiger partial charge in [-0.2, -0.15) is 4.98 Å². The Morgan fingerprint density at radius 1 is 1.42 bits per heavy atom. The van der Waals surface area contributed by atoms with Crippen molar-refractivity contribution < 1.29 is 9.66 Å². The maximum Gasteiger partial charge on any atom is 0.373 e.